The highest BCUT2D eigenvalue weighted by atomic mass is 16.3. The van der Waals surface area contributed by atoms with Gasteiger partial charge in [-0.15, -0.1) is 0 Å². The third-order valence-electron chi connectivity index (χ3n) is 2.91. The maximum atomic E-state index is 11.9. The average Bonchev–Trinajstić information content (AvgIpc) is 2.45. The van der Waals surface area contributed by atoms with Crippen molar-refractivity contribution in [3.05, 3.63) is 59.2 Å². The number of aliphatic hydroxyl groups excluding tert-OH is 1. The predicted octanol–water partition coefficient (Wildman–Crippen LogP) is 1.52. The summed E-state index contributed by atoms with van der Waals surface area (Å²) >= 11 is 0. The van der Waals surface area contributed by atoms with E-state index in [1.54, 1.807) is 24.3 Å². The van der Waals surface area contributed by atoms with Gasteiger partial charge in [-0.1, -0.05) is 30.3 Å². The lowest BCUT2D eigenvalue weighted by molar-refractivity contribution is 0.0945. The SMILES string of the molecule is O=C(NCc1ccc(CO)cc1)c1c(O)cccc1O. The number of aromatic hydroxyl groups is 2. The summed E-state index contributed by atoms with van der Waals surface area (Å²) in [5.41, 5.74) is 1.50. The molecule has 20 heavy (non-hydrogen) atoms. The van der Waals surface area contributed by atoms with Crippen molar-refractivity contribution in [2.75, 3.05) is 0 Å². The molecule has 0 bridgehead atoms. The first-order valence-corrected chi connectivity index (χ1v) is 6.09. The van der Waals surface area contributed by atoms with E-state index in [2.05, 4.69) is 5.32 Å². The summed E-state index contributed by atoms with van der Waals surface area (Å²) in [6.45, 7) is 0.233. The van der Waals surface area contributed by atoms with Crippen LogP contribution in [-0.4, -0.2) is 21.2 Å². The van der Waals surface area contributed by atoms with Gasteiger partial charge in [-0.2, -0.15) is 0 Å². The van der Waals surface area contributed by atoms with E-state index in [4.69, 9.17) is 5.11 Å². The highest BCUT2D eigenvalue weighted by Gasteiger charge is 2.15. The van der Waals surface area contributed by atoms with Crippen LogP contribution in [0.15, 0.2) is 42.5 Å². The molecule has 0 atom stereocenters. The first-order chi connectivity index (χ1) is 9.61. The van der Waals surface area contributed by atoms with Crippen molar-refractivity contribution in [1.82, 2.24) is 5.32 Å². The molecule has 104 valence electrons. The molecule has 0 saturated carbocycles. The summed E-state index contributed by atoms with van der Waals surface area (Å²) in [4.78, 5) is 11.9. The lowest BCUT2D eigenvalue weighted by atomic mass is 10.1. The molecular weight excluding hydrogens is 258 g/mol. The van der Waals surface area contributed by atoms with Gasteiger partial charge in [0.25, 0.3) is 5.91 Å². The molecule has 0 aliphatic carbocycles. The number of hydrogen-bond acceptors (Lipinski definition) is 4. The molecule has 1 amide bonds. The van der Waals surface area contributed by atoms with Crippen LogP contribution in [0.5, 0.6) is 11.5 Å². The molecule has 0 aliphatic rings. The van der Waals surface area contributed by atoms with Gasteiger partial charge in [-0.25, -0.2) is 0 Å². The Morgan fingerprint density at radius 1 is 0.950 bits per heavy atom. The number of amides is 1. The Balaban J connectivity index is 2.05. The van der Waals surface area contributed by atoms with Crippen molar-refractivity contribution < 1.29 is 20.1 Å². The van der Waals surface area contributed by atoms with Crippen molar-refractivity contribution in [3.63, 3.8) is 0 Å². The van der Waals surface area contributed by atoms with Gasteiger partial charge in [0.1, 0.15) is 17.1 Å². The maximum Gasteiger partial charge on any atom is 0.259 e. The number of aliphatic hydroxyl groups is 1. The summed E-state index contributed by atoms with van der Waals surface area (Å²) in [7, 11) is 0. The Morgan fingerprint density at radius 2 is 1.50 bits per heavy atom. The van der Waals surface area contributed by atoms with Crippen molar-refractivity contribution in [2.45, 2.75) is 13.2 Å². The molecule has 0 spiro atoms. The number of rotatable bonds is 4. The first-order valence-electron chi connectivity index (χ1n) is 6.09. The standard InChI is InChI=1S/C15H15NO4/c17-9-11-6-4-10(5-7-11)8-16-15(20)14-12(18)2-1-3-13(14)19/h1-7,17-19H,8-9H2,(H,16,20). The molecular formula is C15H15NO4. The lowest BCUT2D eigenvalue weighted by Gasteiger charge is -2.08. The Hall–Kier alpha value is -2.53. The molecule has 0 saturated heterocycles. The average molecular weight is 273 g/mol. The summed E-state index contributed by atoms with van der Waals surface area (Å²) in [6.07, 6.45) is 0. The zero-order valence-electron chi connectivity index (χ0n) is 10.7. The summed E-state index contributed by atoms with van der Waals surface area (Å²) in [5.74, 6) is -1.08. The van der Waals surface area contributed by atoms with Gasteiger partial charge in [0.15, 0.2) is 0 Å². The van der Waals surface area contributed by atoms with Gasteiger partial charge in [-0.05, 0) is 23.3 Å². The Morgan fingerprint density at radius 3 is 2.05 bits per heavy atom. The van der Waals surface area contributed by atoms with Gasteiger partial charge in [0.2, 0.25) is 0 Å². The highest BCUT2D eigenvalue weighted by molar-refractivity contribution is 5.99. The molecule has 5 nitrogen and oxygen atoms in total. The molecule has 2 aromatic rings. The van der Waals surface area contributed by atoms with Crippen LogP contribution < -0.4 is 5.32 Å². The second kappa shape index (κ2) is 6.08. The van der Waals surface area contributed by atoms with E-state index in [0.717, 1.165) is 11.1 Å². The van der Waals surface area contributed by atoms with E-state index in [0.29, 0.717) is 0 Å². The smallest absolute Gasteiger partial charge is 0.259 e. The normalized spacial score (nSPS) is 10.2. The van der Waals surface area contributed by atoms with Gasteiger partial charge in [-0.3, -0.25) is 4.79 Å². The van der Waals surface area contributed by atoms with Crippen LogP contribution >= 0.6 is 0 Å². The van der Waals surface area contributed by atoms with Crippen molar-refractivity contribution in [3.8, 4) is 11.5 Å². The third-order valence-corrected chi connectivity index (χ3v) is 2.91. The van der Waals surface area contributed by atoms with E-state index >= 15 is 0 Å². The number of nitrogens with one attached hydrogen (secondary N) is 1. The lowest BCUT2D eigenvalue weighted by Crippen LogP contribution is -2.23. The Bertz CT molecular complexity index is 588. The molecule has 2 aromatic carbocycles. The minimum atomic E-state index is -0.549. The molecule has 0 heterocycles. The minimum Gasteiger partial charge on any atom is -0.507 e. The zero-order chi connectivity index (χ0) is 14.5. The number of carbonyl (C=O) groups is 1. The number of hydrogen-bond donors (Lipinski definition) is 4. The monoisotopic (exact) mass is 273 g/mol. The van der Waals surface area contributed by atoms with E-state index in [1.165, 1.54) is 18.2 Å². The van der Waals surface area contributed by atoms with Crippen LogP contribution in [0.2, 0.25) is 0 Å². The molecule has 2 rings (SSSR count). The number of carbonyl (C=O) groups excluding carboxylic acids is 1. The van der Waals surface area contributed by atoms with Crippen LogP contribution in [0, 0.1) is 0 Å². The minimum absolute atomic E-state index is 0.0294. The van der Waals surface area contributed by atoms with Gasteiger partial charge >= 0.3 is 0 Å². The van der Waals surface area contributed by atoms with Gasteiger partial charge < -0.3 is 20.6 Å². The Kier molecular flexibility index (Phi) is 4.22. The summed E-state index contributed by atoms with van der Waals surface area (Å²) < 4.78 is 0. The third kappa shape index (κ3) is 3.07. The van der Waals surface area contributed by atoms with Crippen molar-refractivity contribution in [2.24, 2.45) is 0 Å². The fourth-order valence-electron chi connectivity index (χ4n) is 1.79. The summed E-state index contributed by atoms with van der Waals surface area (Å²) in [5, 5.41) is 30.7. The van der Waals surface area contributed by atoms with Crippen LogP contribution in [0.25, 0.3) is 0 Å². The predicted molar refractivity (Wildman–Crippen MR) is 73.3 cm³/mol. The largest absolute Gasteiger partial charge is 0.507 e. The molecule has 0 aliphatic heterocycles. The van der Waals surface area contributed by atoms with E-state index in [9.17, 15) is 15.0 Å². The quantitative estimate of drug-likeness (QED) is 0.680. The fraction of sp³-hybridized carbons (Fsp3) is 0.133. The topological polar surface area (TPSA) is 89.8 Å². The number of phenolic OH excluding ortho intramolecular Hbond substituents is 2. The Labute approximate surface area is 116 Å². The number of phenols is 2. The number of benzene rings is 2. The summed E-state index contributed by atoms with van der Waals surface area (Å²) in [6, 6.07) is 11.2. The molecule has 0 radical (unpaired) electrons. The zero-order valence-corrected chi connectivity index (χ0v) is 10.7. The van der Waals surface area contributed by atoms with Crippen molar-refractivity contribution >= 4 is 5.91 Å². The fourth-order valence-corrected chi connectivity index (χ4v) is 1.79. The van der Waals surface area contributed by atoms with E-state index in [-0.39, 0.29) is 30.2 Å². The molecule has 5 heteroatoms. The molecule has 0 fully saturated rings. The van der Waals surface area contributed by atoms with Crippen LogP contribution in [0.3, 0.4) is 0 Å². The van der Waals surface area contributed by atoms with Crippen molar-refractivity contribution in [1.29, 1.82) is 0 Å². The van der Waals surface area contributed by atoms with E-state index in [1.807, 2.05) is 0 Å². The van der Waals surface area contributed by atoms with Crippen LogP contribution in [0.4, 0.5) is 0 Å². The second-order valence-electron chi connectivity index (χ2n) is 4.33. The van der Waals surface area contributed by atoms with E-state index < -0.39 is 5.91 Å². The maximum absolute atomic E-state index is 11.9. The molecule has 4 N–H and O–H groups in total. The van der Waals surface area contributed by atoms with Gasteiger partial charge in [0, 0.05) is 6.54 Å². The molecule has 0 aromatic heterocycles. The molecule has 0 unspecified atom stereocenters. The van der Waals surface area contributed by atoms with Crippen LogP contribution in [-0.2, 0) is 13.2 Å². The van der Waals surface area contributed by atoms with Gasteiger partial charge in [0.05, 0.1) is 6.61 Å². The van der Waals surface area contributed by atoms with Crippen LogP contribution in [0.1, 0.15) is 21.5 Å². The second-order valence-corrected chi connectivity index (χ2v) is 4.33. The first kappa shape index (κ1) is 13.9. The highest BCUT2D eigenvalue weighted by Crippen LogP contribution is 2.25.